The summed E-state index contributed by atoms with van der Waals surface area (Å²) in [5.41, 5.74) is 0.128. The smallest absolute Gasteiger partial charge is 0.310 e. The van der Waals surface area contributed by atoms with Gasteiger partial charge in [0.15, 0.2) is 0 Å². The van der Waals surface area contributed by atoms with Gasteiger partial charge in [-0.3, -0.25) is 9.64 Å². The van der Waals surface area contributed by atoms with E-state index in [0.29, 0.717) is 12.6 Å². The van der Waals surface area contributed by atoms with Crippen molar-refractivity contribution < 1.29 is 17.9 Å². The molecule has 0 aromatic heterocycles. The molecule has 1 saturated heterocycles. The fraction of sp³-hybridized carbons (Fsp3) is 1.00. The molecule has 1 heterocycles. The Morgan fingerprint density at radius 3 is 2.63 bits per heavy atom. The number of alkyl halides is 3. The Labute approximate surface area is 112 Å². The van der Waals surface area contributed by atoms with E-state index in [1.54, 1.807) is 0 Å². The number of halogens is 3. The predicted octanol–water partition coefficient (Wildman–Crippen LogP) is 2.52. The molecular weight excluding hydrogens is 257 g/mol. The zero-order chi connectivity index (χ0) is 13.9. The van der Waals surface area contributed by atoms with Gasteiger partial charge in [0, 0.05) is 24.7 Å². The molecule has 1 spiro atoms. The third-order valence-corrected chi connectivity index (χ3v) is 4.40. The van der Waals surface area contributed by atoms with Crippen LogP contribution in [0.15, 0.2) is 0 Å². The van der Waals surface area contributed by atoms with Crippen LogP contribution < -0.4 is 5.32 Å². The van der Waals surface area contributed by atoms with E-state index in [2.05, 4.69) is 21.9 Å². The van der Waals surface area contributed by atoms with Gasteiger partial charge in [-0.1, -0.05) is 12.8 Å². The van der Waals surface area contributed by atoms with Crippen molar-refractivity contribution in [1.29, 1.82) is 0 Å². The summed E-state index contributed by atoms with van der Waals surface area (Å²) in [4.78, 5) is 2.15. The van der Waals surface area contributed by atoms with Crippen LogP contribution in [-0.2, 0) is 4.74 Å². The largest absolute Gasteiger partial charge is 0.522 e. The highest BCUT2D eigenvalue weighted by atomic mass is 19.4. The van der Waals surface area contributed by atoms with Crippen molar-refractivity contribution in [2.75, 3.05) is 26.2 Å². The van der Waals surface area contributed by atoms with E-state index in [-0.39, 0.29) is 12.1 Å². The molecule has 1 saturated carbocycles. The molecule has 1 unspecified atom stereocenters. The lowest BCUT2D eigenvalue weighted by Gasteiger charge is -2.35. The summed E-state index contributed by atoms with van der Waals surface area (Å²) in [6.45, 7) is 3.96. The number of nitrogens with one attached hydrogen (secondary N) is 1. The predicted molar refractivity (Wildman–Crippen MR) is 66.9 cm³/mol. The summed E-state index contributed by atoms with van der Waals surface area (Å²) in [6.07, 6.45) is 1.17. The SMILES string of the molecule is CC1CCNC2(CCCC2)CN1CCOC(F)(F)F. The zero-order valence-electron chi connectivity index (χ0n) is 11.4. The minimum Gasteiger partial charge on any atom is -0.310 e. The highest BCUT2D eigenvalue weighted by Gasteiger charge is 2.38. The molecular formula is C13H23F3N2O. The van der Waals surface area contributed by atoms with E-state index in [0.717, 1.165) is 32.4 Å². The first-order valence-corrected chi connectivity index (χ1v) is 7.10. The molecule has 3 nitrogen and oxygen atoms in total. The molecule has 112 valence electrons. The van der Waals surface area contributed by atoms with E-state index >= 15 is 0 Å². The first-order valence-electron chi connectivity index (χ1n) is 7.10. The Balaban J connectivity index is 1.89. The van der Waals surface area contributed by atoms with Gasteiger partial charge in [-0.2, -0.15) is 0 Å². The van der Waals surface area contributed by atoms with Gasteiger partial charge < -0.3 is 5.32 Å². The molecule has 2 fully saturated rings. The average Bonchev–Trinajstić information content (AvgIpc) is 2.68. The molecule has 6 heteroatoms. The normalized spacial score (nSPS) is 28.7. The van der Waals surface area contributed by atoms with Gasteiger partial charge in [0.25, 0.3) is 0 Å². The molecule has 0 aromatic rings. The fourth-order valence-electron chi connectivity index (χ4n) is 3.29. The third-order valence-electron chi connectivity index (χ3n) is 4.40. The summed E-state index contributed by atoms with van der Waals surface area (Å²) in [5.74, 6) is 0. The van der Waals surface area contributed by atoms with Gasteiger partial charge >= 0.3 is 6.36 Å². The first kappa shape index (κ1) is 15.1. The van der Waals surface area contributed by atoms with Crippen LogP contribution in [0.2, 0.25) is 0 Å². The first-order chi connectivity index (χ1) is 8.90. The van der Waals surface area contributed by atoms with E-state index in [1.165, 1.54) is 12.8 Å². The Bertz CT molecular complexity index is 290. The number of hydrogen-bond acceptors (Lipinski definition) is 3. The van der Waals surface area contributed by atoms with Crippen LogP contribution in [0.25, 0.3) is 0 Å². The van der Waals surface area contributed by atoms with Crippen LogP contribution >= 0.6 is 0 Å². The van der Waals surface area contributed by atoms with Crippen LogP contribution in [0.4, 0.5) is 13.2 Å². The van der Waals surface area contributed by atoms with Gasteiger partial charge in [0.05, 0.1) is 6.61 Å². The quantitative estimate of drug-likeness (QED) is 0.859. The monoisotopic (exact) mass is 280 g/mol. The number of rotatable bonds is 3. The van der Waals surface area contributed by atoms with Crippen LogP contribution in [0, 0.1) is 0 Å². The fourth-order valence-corrected chi connectivity index (χ4v) is 3.29. The summed E-state index contributed by atoms with van der Waals surface area (Å²) >= 11 is 0. The van der Waals surface area contributed by atoms with Crippen molar-refractivity contribution in [1.82, 2.24) is 10.2 Å². The maximum atomic E-state index is 12.0. The number of hydrogen-bond donors (Lipinski definition) is 1. The molecule has 0 bridgehead atoms. The van der Waals surface area contributed by atoms with Crippen molar-refractivity contribution >= 4 is 0 Å². The van der Waals surface area contributed by atoms with Gasteiger partial charge in [0.1, 0.15) is 0 Å². The van der Waals surface area contributed by atoms with Crippen LogP contribution in [0.5, 0.6) is 0 Å². The van der Waals surface area contributed by atoms with Crippen molar-refractivity contribution in [3.63, 3.8) is 0 Å². The maximum Gasteiger partial charge on any atom is 0.522 e. The molecule has 2 aliphatic rings. The van der Waals surface area contributed by atoms with Crippen molar-refractivity contribution in [2.45, 2.75) is 57.0 Å². The summed E-state index contributed by atoms with van der Waals surface area (Å²) in [7, 11) is 0. The maximum absolute atomic E-state index is 12.0. The molecule has 2 rings (SSSR count). The van der Waals surface area contributed by atoms with Gasteiger partial charge in [0.2, 0.25) is 0 Å². The lowest BCUT2D eigenvalue weighted by Crippen LogP contribution is -2.50. The Kier molecular flexibility index (Phi) is 4.74. The summed E-state index contributed by atoms with van der Waals surface area (Å²) < 4.78 is 40.0. The van der Waals surface area contributed by atoms with E-state index in [1.807, 2.05) is 0 Å². The lowest BCUT2D eigenvalue weighted by molar-refractivity contribution is -0.325. The van der Waals surface area contributed by atoms with E-state index in [9.17, 15) is 13.2 Å². The second kappa shape index (κ2) is 5.97. The van der Waals surface area contributed by atoms with Gasteiger partial charge in [-0.05, 0) is 32.7 Å². The summed E-state index contributed by atoms with van der Waals surface area (Å²) in [5, 5.41) is 3.62. The van der Waals surface area contributed by atoms with Crippen LogP contribution in [0.3, 0.4) is 0 Å². The molecule has 1 aliphatic carbocycles. The number of ether oxygens (including phenoxy) is 1. The van der Waals surface area contributed by atoms with Gasteiger partial charge in [-0.15, -0.1) is 13.2 Å². The standard InChI is InChI=1S/C13H23F3N2O/c1-11-4-7-17-12(5-2-3-6-12)10-18(11)8-9-19-13(14,15)16/h11,17H,2-10H2,1H3. The van der Waals surface area contributed by atoms with Gasteiger partial charge in [-0.25, -0.2) is 0 Å². The molecule has 19 heavy (non-hydrogen) atoms. The molecule has 1 atom stereocenters. The third kappa shape index (κ3) is 4.33. The van der Waals surface area contributed by atoms with Crippen molar-refractivity contribution in [2.24, 2.45) is 0 Å². The summed E-state index contributed by atoms with van der Waals surface area (Å²) in [6, 6.07) is 0.310. The van der Waals surface area contributed by atoms with Crippen LogP contribution in [0.1, 0.15) is 39.0 Å². The molecule has 1 N–H and O–H groups in total. The zero-order valence-corrected chi connectivity index (χ0v) is 11.4. The Morgan fingerprint density at radius 1 is 1.32 bits per heavy atom. The van der Waals surface area contributed by atoms with Crippen LogP contribution in [-0.4, -0.2) is 49.1 Å². The van der Waals surface area contributed by atoms with E-state index < -0.39 is 6.36 Å². The minimum atomic E-state index is -4.52. The molecule has 0 amide bonds. The lowest BCUT2D eigenvalue weighted by atomic mass is 9.97. The highest BCUT2D eigenvalue weighted by molar-refractivity contribution is 4.98. The van der Waals surface area contributed by atoms with Crippen molar-refractivity contribution in [3.05, 3.63) is 0 Å². The Hall–Kier alpha value is -0.330. The topological polar surface area (TPSA) is 24.5 Å². The second-order valence-electron chi connectivity index (χ2n) is 5.82. The van der Waals surface area contributed by atoms with E-state index in [4.69, 9.17) is 0 Å². The molecule has 0 radical (unpaired) electrons. The van der Waals surface area contributed by atoms with Crippen molar-refractivity contribution in [3.8, 4) is 0 Å². The average molecular weight is 280 g/mol. The highest BCUT2D eigenvalue weighted by Crippen LogP contribution is 2.32. The molecule has 1 aliphatic heterocycles. The minimum absolute atomic E-state index is 0.128. The second-order valence-corrected chi connectivity index (χ2v) is 5.82. The number of nitrogens with zero attached hydrogens (tertiary/aromatic N) is 1. The Morgan fingerprint density at radius 2 is 2.00 bits per heavy atom. The molecule has 0 aromatic carbocycles.